The zero-order valence-electron chi connectivity index (χ0n) is 20.0. The van der Waals surface area contributed by atoms with Crippen molar-refractivity contribution in [2.24, 2.45) is 0 Å². The molecule has 0 bridgehead atoms. The first-order valence-electron chi connectivity index (χ1n) is 12.5. The Labute approximate surface area is 214 Å². The molecule has 0 radical (unpaired) electrons. The summed E-state index contributed by atoms with van der Waals surface area (Å²) in [4.78, 5) is 28.9. The molecular formula is C30H25NO6. The molecule has 0 aromatic heterocycles. The maximum absolute atomic E-state index is 13.3. The number of hydrogen-bond acceptors (Lipinski definition) is 7. The highest BCUT2D eigenvalue weighted by atomic mass is 16.7. The van der Waals surface area contributed by atoms with Gasteiger partial charge in [-0.3, -0.25) is 4.90 Å². The molecule has 1 aliphatic carbocycles. The molecule has 37 heavy (non-hydrogen) atoms. The third-order valence-corrected chi connectivity index (χ3v) is 7.73. The molecule has 186 valence electrons. The van der Waals surface area contributed by atoms with Gasteiger partial charge in [-0.05, 0) is 60.0 Å². The van der Waals surface area contributed by atoms with Crippen molar-refractivity contribution in [3.63, 3.8) is 0 Å². The van der Waals surface area contributed by atoms with Gasteiger partial charge in [0.05, 0.1) is 11.1 Å². The molecule has 4 aliphatic rings. The van der Waals surface area contributed by atoms with E-state index < -0.39 is 24.1 Å². The second-order valence-electron chi connectivity index (χ2n) is 9.81. The lowest BCUT2D eigenvalue weighted by Crippen LogP contribution is -2.52. The number of fused-ring (bicyclic) bond motifs is 3. The fourth-order valence-electron chi connectivity index (χ4n) is 6.09. The van der Waals surface area contributed by atoms with E-state index in [1.165, 1.54) is 5.57 Å². The van der Waals surface area contributed by atoms with Crippen molar-refractivity contribution >= 4 is 11.9 Å². The van der Waals surface area contributed by atoms with Gasteiger partial charge in [-0.25, -0.2) is 9.59 Å². The third-order valence-electron chi connectivity index (χ3n) is 7.73. The van der Waals surface area contributed by atoms with Gasteiger partial charge < -0.3 is 18.9 Å². The Morgan fingerprint density at radius 1 is 0.838 bits per heavy atom. The normalized spacial score (nSPS) is 25.0. The molecule has 1 fully saturated rings. The van der Waals surface area contributed by atoms with E-state index in [0.29, 0.717) is 16.9 Å². The molecule has 3 aromatic rings. The van der Waals surface area contributed by atoms with Crippen LogP contribution in [0.15, 0.2) is 84.4 Å². The Morgan fingerprint density at radius 2 is 1.49 bits per heavy atom. The van der Waals surface area contributed by atoms with Crippen LogP contribution >= 0.6 is 0 Å². The lowest BCUT2D eigenvalue weighted by atomic mass is 9.73. The first-order valence-corrected chi connectivity index (χ1v) is 12.5. The van der Waals surface area contributed by atoms with E-state index in [4.69, 9.17) is 18.9 Å². The van der Waals surface area contributed by atoms with Crippen LogP contribution in [0.5, 0.6) is 11.5 Å². The maximum atomic E-state index is 13.3. The summed E-state index contributed by atoms with van der Waals surface area (Å²) in [6.45, 7) is 1.85. The summed E-state index contributed by atoms with van der Waals surface area (Å²) in [5.74, 6) is 0.306. The van der Waals surface area contributed by atoms with Crippen LogP contribution < -0.4 is 9.47 Å². The standard InChI is InChI=1S/C30H25NO6/c32-29(18-7-3-1-4-8-18)36-25-13-20-11-12-31-16-21-14-23-24(35-17-34-23)15-22(21)26(27(20)31)28(25)37-30(33)19-9-5-2-6-10-19/h1-10,13-15,25-28H,11-12,16-17H2/t25-,26-,27+,28+/m0/s1. The van der Waals surface area contributed by atoms with E-state index in [0.717, 1.165) is 36.4 Å². The van der Waals surface area contributed by atoms with Gasteiger partial charge in [-0.15, -0.1) is 0 Å². The summed E-state index contributed by atoms with van der Waals surface area (Å²) in [5.41, 5.74) is 4.28. The Morgan fingerprint density at radius 3 is 2.19 bits per heavy atom. The number of ether oxygens (including phenoxy) is 4. The van der Waals surface area contributed by atoms with Crippen molar-refractivity contribution in [3.8, 4) is 11.5 Å². The van der Waals surface area contributed by atoms with Crippen LogP contribution in [0.3, 0.4) is 0 Å². The quantitative estimate of drug-likeness (QED) is 0.390. The zero-order valence-corrected chi connectivity index (χ0v) is 20.0. The summed E-state index contributed by atoms with van der Waals surface area (Å²) < 4.78 is 23.7. The van der Waals surface area contributed by atoms with Gasteiger partial charge in [0.15, 0.2) is 23.7 Å². The van der Waals surface area contributed by atoms with Crippen molar-refractivity contribution in [1.82, 2.24) is 4.90 Å². The first kappa shape index (κ1) is 22.1. The molecule has 0 unspecified atom stereocenters. The van der Waals surface area contributed by atoms with Gasteiger partial charge >= 0.3 is 11.9 Å². The van der Waals surface area contributed by atoms with Crippen molar-refractivity contribution in [2.75, 3.05) is 13.3 Å². The van der Waals surface area contributed by atoms with Crippen LogP contribution in [0.25, 0.3) is 0 Å². The highest BCUT2D eigenvalue weighted by Gasteiger charge is 2.52. The number of rotatable bonds is 4. The first-order chi connectivity index (χ1) is 18.2. The second kappa shape index (κ2) is 8.78. The molecule has 0 amide bonds. The Balaban J connectivity index is 1.31. The van der Waals surface area contributed by atoms with Crippen LogP contribution in [0, 0.1) is 0 Å². The lowest BCUT2D eigenvalue weighted by Gasteiger charge is -2.46. The number of hydrogen-bond donors (Lipinski definition) is 0. The summed E-state index contributed by atoms with van der Waals surface area (Å²) in [7, 11) is 0. The molecular weight excluding hydrogens is 470 g/mol. The van der Waals surface area contributed by atoms with E-state index in [2.05, 4.69) is 4.90 Å². The van der Waals surface area contributed by atoms with Crippen LogP contribution in [0.1, 0.15) is 44.2 Å². The Kier molecular flexibility index (Phi) is 5.25. The predicted octanol–water partition coefficient (Wildman–Crippen LogP) is 4.48. The van der Waals surface area contributed by atoms with Crippen molar-refractivity contribution < 1.29 is 28.5 Å². The zero-order chi connectivity index (χ0) is 24.9. The summed E-state index contributed by atoms with van der Waals surface area (Å²) in [5, 5.41) is 0. The van der Waals surface area contributed by atoms with E-state index in [9.17, 15) is 9.59 Å². The predicted molar refractivity (Wildman–Crippen MR) is 133 cm³/mol. The van der Waals surface area contributed by atoms with Crippen LogP contribution in [0.2, 0.25) is 0 Å². The number of esters is 2. The molecule has 0 saturated carbocycles. The number of nitrogens with zero attached hydrogens (tertiary/aromatic N) is 1. The highest BCUT2D eigenvalue weighted by molar-refractivity contribution is 5.90. The Bertz CT molecular complexity index is 1400. The van der Waals surface area contributed by atoms with Gasteiger partial charge in [-0.2, -0.15) is 0 Å². The molecule has 7 heteroatoms. The number of carbonyl (C=O) groups excluding carboxylic acids is 2. The molecule has 4 atom stereocenters. The van der Waals surface area contributed by atoms with Crippen molar-refractivity contribution in [2.45, 2.75) is 37.1 Å². The summed E-state index contributed by atoms with van der Waals surface area (Å²) in [6.07, 6.45) is 1.44. The minimum absolute atomic E-state index is 0.0631. The molecule has 3 aromatic carbocycles. The van der Waals surface area contributed by atoms with E-state index in [1.54, 1.807) is 48.5 Å². The minimum atomic E-state index is -0.729. The fraction of sp³-hybridized carbons (Fsp3) is 0.267. The lowest BCUT2D eigenvalue weighted by molar-refractivity contribution is -0.0443. The van der Waals surface area contributed by atoms with Crippen LogP contribution in [0.4, 0.5) is 0 Å². The van der Waals surface area contributed by atoms with Crippen LogP contribution in [-0.2, 0) is 16.0 Å². The van der Waals surface area contributed by atoms with E-state index in [1.807, 2.05) is 30.3 Å². The largest absolute Gasteiger partial charge is 0.454 e. The molecule has 0 N–H and O–H groups in total. The van der Waals surface area contributed by atoms with Gasteiger partial charge in [0.25, 0.3) is 0 Å². The highest BCUT2D eigenvalue weighted by Crippen LogP contribution is 2.51. The fourth-order valence-corrected chi connectivity index (χ4v) is 6.09. The van der Waals surface area contributed by atoms with Crippen molar-refractivity contribution in [1.29, 1.82) is 0 Å². The summed E-state index contributed by atoms with van der Waals surface area (Å²) >= 11 is 0. The molecule has 3 aliphatic heterocycles. The number of carbonyl (C=O) groups is 2. The minimum Gasteiger partial charge on any atom is -0.454 e. The van der Waals surface area contributed by atoms with Gasteiger partial charge in [0.2, 0.25) is 6.79 Å². The second-order valence-corrected chi connectivity index (χ2v) is 9.81. The summed E-state index contributed by atoms with van der Waals surface area (Å²) in [6, 6.07) is 21.9. The average Bonchev–Trinajstić information content (AvgIpc) is 3.56. The maximum Gasteiger partial charge on any atom is 0.338 e. The van der Waals surface area contributed by atoms with Gasteiger partial charge in [0, 0.05) is 25.0 Å². The SMILES string of the molecule is O=C(O[C@H]1[C@H]2c3cc4c(cc3CN3CCC(=C[C@@H]1OC(=O)c1ccccc1)[C@H]23)OCO4)c1ccccc1. The average molecular weight is 496 g/mol. The molecule has 7 rings (SSSR count). The Hall–Kier alpha value is -4.10. The molecule has 1 saturated heterocycles. The van der Waals surface area contributed by atoms with Gasteiger partial charge in [-0.1, -0.05) is 42.0 Å². The topological polar surface area (TPSA) is 74.3 Å². The monoisotopic (exact) mass is 495 g/mol. The van der Waals surface area contributed by atoms with E-state index >= 15 is 0 Å². The third kappa shape index (κ3) is 3.78. The van der Waals surface area contributed by atoms with E-state index in [-0.39, 0.29) is 18.8 Å². The molecule has 0 spiro atoms. The smallest absolute Gasteiger partial charge is 0.338 e. The molecule has 7 nitrogen and oxygen atoms in total. The van der Waals surface area contributed by atoms with Crippen LogP contribution in [-0.4, -0.2) is 48.4 Å². The van der Waals surface area contributed by atoms with Gasteiger partial charge in [0.1, 0.15) is 0 Å². The number of benzene rings is 3. The van der Waals surface area contributed by atoms with Crippen molar-refractivity contribution in [3.05, 3.63) is 107 Å². The molecule has 3 heterocycles.